The third-order valence-electron chi connectivity index (χ3n) is 4.31. The van der Waals surface area contributed by atoms with E-state index in [0.717, 1.165) is 42.1 Å². The van der Waals surface area contributed by atoms with E-state index >= 15 is 0 Å². The molecule has 0 radical (unpaired) electrons. The molecule has 20 heavy (non-hydrogen) atoms. The summed E-state index contributed by atoms with van der Waals surface area (Å²) in [7, 11) is 0. The fourth-order valence-electron chi connectivity index (χ4n) is 3.03. The molecule has 4 heteroatoms. The minimum atomic E-state index is 0.538. The molecule has 1 fully saturated rings. The van der Waals surface area contributed by atoms with E-state index in [1.165, 1.54) is 31.2 Å². The standard InChI is InChI=1S/C16H26ClN3/c17-16-6-14(9-19)5-15(7-16)11-20-10-13-3-1-12(8-18)2-4-13/h5-7,12-13,20H,1-4,8-11,18-19H2. The fraction of sp³-hybridized carbons (Fsp3) is 0.625. The van der Waals surface area contributed by atoms with Crippen LogP contribution in [-0.4, -0.2) is 13.1 Å². The molecule has 0 aromatic heterocycles. The van der Waals surface area contributed by atoms with Crippen LogP contribution < -0.4 is 16.8 Å². The molecule has 1 aromatic carbocycles. The average Bonchev–Trinajstić information content (AvgIpc) is 2.47. The Kier molecular flexibility index (Phi) is 6.30. The van der Waals surface area contributed by atoms with Crippen molar-refractivity contribution >= 4 is 11.6 Å². The molecule has 0 saturated heterocycles. The van der Waals surface area contributed by atoms with Gasteiger partial charge in [-0.3, -0.25) is 0 Å². The van der Waals surface area contributed by atoms with Crippen LogP contribution in [0.4, 0.5) is 0 Å². The predicted molar refractivity (Wildman–Crippen MR) is 85.6 cm³/mol. The number of nitrogens with one attached hydrogen (secondary N) is 1. The van der Waals surface area contributed by atoms with E-state index in [-0.39, 0.29) is 0 Å². The maximum Gasteiger partial charge on any atom is 0.0412 e. The van der Waals surface area contributed by atoms with Crippen LogP contribution in [0.2, 0.25) is 5.02 Å². The van der Waals surface area contributed by atoms with E-state index in [9.17, 15) is 0 Å². The maximum absolute atomic E-state index is 6.09. The molecular formula is C16H26ClN3. The molecule has 5 N–H and O–H groups in total. The van der Waals surface area contributed by atoms with Crippen molar-refractivity contribution < 1.29 is 0 Å². The predicted octanol–water partition coefficient (Wildman–Crippen LogP) is 2.65. The van der Waals surface area contributed by atoms with Gasteiger partial charge in [0.2, 0.25) is 0 Å². The van der Waals surface area contributed by atoms with Gasteiger partial charge in [-0.05, 0) is 73.9 Å². The zero-order valence-corrected chi connectivity index (χ0v) is 12.8. The number of rotatable bonds is 6. The normalized spacial score (nSPS) is 22.9. The zero-order valence-electron chi connectivity index (χ0n) is 12.1. The first-order valence-electron chi connectivity index (χ1n) is 7.60. The van der Waals surface area contributed by atoms with Gasteiger partial charge in [-0.15, -0.1) is 0 Å². The van der Waals surface area contributed by atoms with Crippen LogP contribution in [0.5, 0.6) is 0 Å². The van der Waals surface area contributed by atoms with Crippen LogP contribution in [0.3, 0.4) is 0 Å². The number of nitrogens with two attached hydrogens (primary N) is 2. The Balaban J connectivity index is 1.74. The maximum atomic E-state index is 6.09. The van der Waals surface area contributed by atoms with E-state index in [0.29, 0.717) is 6.54 Å². The first kappa shape index (κ1) is 15.8. The van der Waals surface area contributed by atoms with E-state index < -0.39 is 0 Å². The molecule has 0 atom stereocenters. The molecule has 1 aliphatic carbocycles. The highest BCUT2D eigenvalue weighted by atomic mass is 35.5. The highest BCUT2D eigenvalue weighted by Gasteiger charge is 2.19. The Morgan fingerprint density at radius 2 is 1.65 bits per heavy atom. The lowest BCUT2D eigenvalue weighted by Gasteiger charge is -2.27. The number of benzene rings is 1. The lowest BCUT2D eigenvalue weighted by atomic mass is 9.82. The summed E-state index contributed by atoms with van der Waals surface area (Å²) in [6.07, 6.45) is 5.19. The average molecular weight is 296 g/mol. The largest absolute Gasteiger partial charge is 0.330 e. The summed E-state index contributed by atoms with van der Waals surface area (Å²) in [6.45, 7) is 3.34. The molecule has 1 aliphatic rings. The van der Waals surface area contributed by atoms with Crippen LogP contribution in [0.15, 0.2) is 18.2 Å². The lowest BCUT2D eigenvalue weighted by Crippen LogP contribution is -2.28. The third kappa shape index (κ3) is 4.74. The highest BCUT2D eigenvalue weighted by Crippen LogP contribution is 2.27. The van der Waals surface area contributed by atoms with Crippen molar-refractivity contribution in [3.8, 4) is 0 Å². The van der Waals surface area contributed by atoms with Crippen molar-refractivity contribution in [3.05, 3.63) is 34.3 Å². The topological polar surface area (TPSA) is 64.1 Å². The molecule has 0 bridgehead atoms. The first-order valence-corrected chi connectivity index (χ1v) is 7.98. The van der Waals surface area contributed by atoms with Gasteiger partial charge in [-0.2, -0.15) is 0 Å². The van der Waals surface area contributed by atoms with Crippen LogP contribution in [0.25, 0.3) is 0 Å². The Morgan fingerprint density at radius 3 is 2.30 bits per heavy atom. The van der Waals surface area contributed by atoms with Gasteiger partial charge < -0.3 is 16.8 Å². The summed E-state index contributed by atoms with van der Waals surface area (Å²) >= 11 is 6.09. The van der Waals surface area contributed by atoms with E-state index in [1.807, 2.05) is 12.1 Å². The monoisotopic (exact) mass is 295 g/mol. The summed E-state index contributed by atoms with van der Waals surface area (Å²) in [5.74, 6) is 1.55. The van der Waals surface area contributed by atoms with Crippen LogP contribution in [0, 0.1) is 11.8 Å². The van der Waals surface area contributed by atoms with Crippen LogP contribution in [-0.2, 0) is 13.1 Å². The molecule has 112 valence electrons. The second-order valence-corrected chi connectivity index (χ2v) is 6.36. The fourth-order valence-corrected chi connectivity index (χ4v) is 3.31. The van der Waals surface area contributed by atoms with Crippen molar-refractivity contribution in [1.82, 2.24) is 5.32 Å². The van der Waals surface area contributed by atoms with Crippen molar-refractivity contribution in [1.29, 1.82) is 0 Å². The van der Waals surface area contributed by atoms with Crippen molar-refractivity contribution in [3.63, 3.8) is 0 Å². The van der Waals surface area contributed by atoms with E-state index in [1.54, 1.807) is 0 Å². The second kappa shape index (κ2) is 7.99. The second-order valence-electron chi connectivity index (χ2n) is 5.93. The molecule has 0 aliphatic heterocycles. The third-order valence-corrected chi connectivity index (χ3v) is 4.53. The highest BCUT2D eigenvalue weighted by molar-refractivity contribution is 6.30. The first-order chi connectivity index (χ1) is 9.71. The molecule has 0 unspecified atom stereocenters. The SMILES string of the molecule is NCc1cc(Cl)cc(CNCC2CCC(CN)CC2)c1. The summed E-state index contributed by atoms with van der Waals surface area (Å²) in [5.41, 5.74) is 13.7. The molecule has 1 aromatic rings. The smallest absolute Gasteiger partial charge is 0.0412 e. The minimum absolute atomic E-state index is 0.538. The van der Waals surface area contributed by atoms with Gasteiger partial charge in [0.25, 0.3) is 0 Å². The summed E-state index contributed by atoms with van der Waals surface area (Å²) < 4.78 is 0. The van der Waals surface area contributed by atoms with E-state index in [2.05, 4.69) is 11.4 Å². The molecule has 2 rings (SSSR count). The zero-order chi connectivity index (χ0) is 14.4. The van der Waals surface area contributed by atoms with Gasteiger partial charge in [0, 0.05) is 18.1 Å². The van der Waals surface area contributed by atoms with Crippen molar-refractivity contribution in [2.45, 2.75) is 38.8 Å². The number of halogens is 1. The quantitative estimate of drug-likeness (QED) is 0.756. The Bertz CT molecular complexity index is 414. The lowest BCUT2D eigenvalue weighted by molar-refractivity contribution is 0.272. The van der Waals surface area contributed by atoms with E-state index in [4.69, 9.17) is 23.1 Å². The van der Waals surface area contributed by atoms with Gasteiger partial charge in [-0.1, -0.05) is 17.7 Å². The molecule has 3 nitrogen and oxygen atoms in total. The van der Waals surface area contributed by atoms with Crippen LogP contribution >= 0.6 is 11.6 Å². The summed E-state index contributed by atoms with van der Waals surface area (Å²) in [5, 5.41) is 4.32. The summed E-state index contributed by atoms with van der Waals surface area (Å²) in [6, 6.07) is 6.07. The van der Waals surface area contributed by atoms with Gasteiger partial charge in [-0.25, -0.2) is 0 Å². The molecule has 0 amide bonds. The Hall–Kier alpha value is -0.610. The molecule has 0 spiro atoms. The van der Waals surface area contributed by atoms with Crippen LogP contribution in [0.1, 0.15) is 36.8 Å². The van der Waals surface area contributed by atoms with Gasteiger partial charge >= 0.3 is 0 Å². The van der Waals surface area contributed by atoms with Crippen molar-refractivity contribution in [2.75, 3.05) is 13.1 Å². The van der Waals surface area contributed by atoms with Gasteiger partial charge in [0.1, 0.15) is 0 Å². The summed E-state index contributed by atoms with van der Waals surface area (Å²) in [4.78, 5) is 0. The van der Waals surface area contributed by atoms with Gasteiger partial charge in [0.15, 0.2) is 0 Å². The molecule has 0 heterocycles. The minimum Gasteiger partial charge on any atom is -0.330 e. The number of hydrogen-bond acceptors (Lipinski definition) is 3. The van der Waals surface area contributed by atoms with Gasteiger partial charge in [0.05, 0.1) is 0 Å². The Labute approximate surface area is 127 Å². The van der Waals surface area contributed by atoms with Crippen molar-refractivity contribution in [2.24, 2.45) is 23.3 Å². The Morgan fingerprint density at radius 1 is 1.00 bits per heavy atom. The number of hydrogen-bond donors (Lipinski definition) is 3. The molecule has 1 saturated carbocycles. The molecular weight excluding hydrogens is 270 g/mol.